The number of Topliss-reactive ketones (excluding diaryl/α,β-unsaturated/α-hetero) is 1. The molecular weight excluding hydrogens is 202 g/mol. The number of aliphatic imine (C=N–C) groups is 1. The Morgan fingerprint density at radius 1 is 1.57 bits per heavy atom. The summed E-state index contributed by atoms with van der Waals surface area (Å²) in [5, 5.41) is 2.14. The van der Waals surface area contributed by atoms with Crippen molar-refractivity contribution in [3.05, 3.63) is 12.2 Å². The van der Waals surface area contributed by atoms with E-state index in [-0.39, 0.29) is 25.4 Å². The number of allylic oxidation sites excluding steroid dienone is 1. The minimum Gasteiger partial charge on any atom is -0.463 e. The normalized spacial score (nSPS) is 8.64. The van der Waals surface area contributed by atoms with Crippen molar-refractivity contribution in [2.75, 3.05) is 13.2 Å². The van der Waals surface area contributed by atoms with Gasteiger partial charge in [0, 0.05) is 0 Å². The summed E-state index contributed by atoms with van der Waals surface area (Å²) in [6, 6.07) is 0. The van der Waals surface area contributed by atoms with Crippen LogP contribution in [0.25, 0.3) is 0 Å². The van der Waals surface area contributed by atoms with Gasteiger partial charge in [0.2, 0.25) is 0 Å². The number of isothiocyanates is 1. The first-order valence-electron chi connectivity index (χ1n) is 3.96. The molecule has 76 valence electrons. The highest BCUT2D eigenvalue weighted by molar-refractivity contribution is 7.78. The molecular formula is C9H11NO3S. The summed E-state index contributed by atoms with van der Waals surface area (Å²) >= 11 is 4.31. The van der Waals surface area contributed by atoms with Crippen molar-refractivity contribution >= 4 is 29.1 Å². The van der Waals surface area contributed by atoms with Gasteiger partial charge in [-0.2, -0.15) is 0 Å². The largest absolute Gasteiger partial charge is 0.463 e. The molecule has 0 radical (unpaired) electrons. The van der Waals surface area contributed by atoms with Crippen LogP contribution in [0.15, 0.2) is 17.1 Å². The number of ketones is 1. The van der Waals surface area contributed by atoms with E-state index in [0.29, 0.717) is 5.57 Å². The van der Waals surface area contributed by atoms with Crippen LogP contribution in [0.1, 0.15) is 13.3 Å². The van der Waals surface area contributed by atoms with Gasteiger partial charge >= 0.3 is 5.97 Å². The molecule has 4 nitrogen and oxygen atoms in total. The number of rotatable bonds is 6. The summed E-state index contributed by atoms with van der Waals surface area (Å²) < 4.78 is 4.68. The predicted octanol–water partition coefficient (Wildman–Crippen LogP) is 1.17. The highest BCUT2D eigenvalue weighted by atomic mass is 32.1. The summed E-state index contributed by atoms with van der Waals surface area (Å²) in [4.78, 5) is 25.5. The zero-order chi connectivity index (χ0) is 11.0. The van der Waals surface area contributed by atoms with E-state index >= 15 is 0 Å². The number of thiocarbonyl (C=S) groups is 1. The lowest BCUT2D eigenvalue weighted by Crippen LogP contribution is -2.13. The van der Waals surface area contributed by atoms with Gasteiger partial charge in [-0.15, -0.1) is 0 Å². The Morgan fingerprint density at radius 3 is 2.71 bits per heavy atom. The molecule has 0 saturated carbocycles. The number of hydrogen-bond donors (Lipinski definition) is 0. The van der Waals surface area contributed by atoms with Gasteiger partial charge in [-0.3, -0.25) is 9.59 Å². The first-order chi connectivity index (χ1) is 6.57. The van der Waals surface area contributed by atoms with Crippen LogP contribution in [0.3, 0.4) is 0 Å². The molecule has 0 saturated heterocycles. The lowest BCUT2D eigenvalue weighted by Gasteiger charge is -2.01. The van der Waals surface area contributed by atoms with E-state index in [9.17, 15) is 9.59 Å². The van der Waals surface area contributed by atoms with Crippen molar-refractivity contribution in [1.82, 2.24) is 0 Å². The van der Waals surface area contributed by atoms with E-state index in [1.165, 1.54) is 0 Å². The second kappa shape index (κ2) is 7.12. The number of carbonyl (C=O) groups is 2. The Kier molecular flexibility index (Phi) is 6.45. The Labute approximate surface area is 87.7 Å². The maximum absolute atomic E-state index is 11.0. The number of hydrogen-bond acceptors (Lipinski definition) is 5. The summed E-state index contributed by atoms with van der Waals surface area (Å²) in [6.07, 6.45) is -0.267. The number of carbonyl (C=O) groups excluding carboxylic acids is 2. The maximum atomic E-state index is 11.0. The number of nitrogens with zero attached hydrogens (tertiary/aromatic N) is 1. The van der Waals surface area contributed by atoms with Gasteiger partial charge in [0.25, 0.3) is 0 Å². The number of esters is 1. The summed E-state index contributed by atoms with van der Waals surface area (Å²) in [5.74, 6) is -0.883. The Hall–Kier alpha value is -1.32. The smallest absolute Gasteiger partial charge is 0.313 e. The van der Waals surface area contributed by atoms with E-state index in [2.05, 4.69) is 33.7 Å². The fourth-order valence-corrected chi connectivity index (χ4v) is 0.675. The molecule has 0 aromatic carbocycles. The SMILES string of the molecule is C=C(C)C(=O)CC(=O)OCCN=C=S. The molecule has 0 aliphatic carbocycles. The van der Waals surface area contributed by atoms with Crippen LogP contribution in [0.4, 0.5) is 0 Å². The summed E-state index contributed by atoms with van der Waals surface area (Å²) in [6.45, 7) is 5.36. The van der Waals surface area contributed by atoms with Crippen LogP contribution in [0.2, 0.25) is 0 Å². The maximum Gasteiger partial charge on any atom is 0.313 e. The summed E-state index contributed by atoms with van der Waals surface area (Å²) in [7, 11) is 0. The van der Waals surface area contributed by atoms with Gasteiger partial charge in [0.1, 0.15) is 13.0 Å². The highest BCUT2D eigenvalue weighted by Crippen LogP contribution is 1.97. The molecule has 0 heterocycles. The van der Waals surface area contributed by atoms with Crippen molar-refractivity contribution in [1.29, 1.82) is 0 Å². The average molecular weight is 213 g/mol. The molecule has 0 amide bonds. The number of ether oxygens (including phenoxy) is 1. The molecule has 0 rings (SSSR count). The van der Waals surface area contributed by atoms with Crippen molar-refractivity contribution in [2.45, 2.75) is 13.3 Å². The third-order valence-corrected chi connectivity index (χ3v) is 1.44. The van der Waals surface area contributed by atoms with Crippen LogP contribution >= 0.6 is 12.2 Å². The average Bonchev–Trinajstić information content (AvgIpc) is 2.12. The lowest BCUT2D eigenvalue weighted by atomic mass is 10.2. The van der Waals surface area contributed by atoms with Crippen molar-refractivity contribution < 1.29 is 14.3 Å². The van der Waals surface area contributed by atoms with Crippen molar-refractivity contribution in [2.24, 2.45) is 4.99 Å². The molecule has 5 heteroatoms. The van der Waals surface area contributed by atoms with Gasteiger partial charge < -0.3 is 4.74 Å². The quantitative estimate of drug-likeness (QED) is 0.166. The topological polar surface area (TPSA) is 55.7 Å². The molecule has 0 unspecified atom stereocenters. The second-order valence-corrected chi connectivity index (χ2v) is 2.76. The molecule has 0 aromatic rings. The fraction of sp³-hybridized carbons (Fsp3) is 0.444. The molecule has 14 heavy (non-hydrogen) atoms. The van der Waals surface area contributed by atoms with Gasteiger partial charge in [0.15, 0.2) is 5.78 Å². The van der Waals surface area contributed by atoms with Gasteiger partial charge in [-0.25, -0.2) is 4.99 Å². The standard InChI is InChI=1S/C9H11NO3S/c1-7(2)8(11)5-9(12)13-4-3-10-6-14/h1,3-5H2,2H3. The zero-order valence-corrected chi connectivity index (χ0v) is 8.73. The van der Waals surface area contributed by atoms with E-state index in [4.69, 9.17) is 0 Å². The van der Waals surface area contributed by atoms with Crippen LogP contribution in [0.5, 0.6) is 0 Å². The van der Waals surface area contributed by atoms with Crippen LogP contribution < -0.4 is 0 Å². The molecule has 0 aromatic heterocycles. The van der Waals surface area contributed by atoms with Gasteiger partial charge in [-0.1, -0.05) is 6.58 Å². The van der Waals surface area contributed by atoms with E-state index in [1.54, 1.807) is 6.92 Å². The molecule has 0 aliphatic heterocycles. The minimum absolute atomic E-state index is 0.117. The molecule has 0 fully saturated rings. The lowest BCUT2D eigenvalue weighted by molar-refractivity contribution is -0.145. The third kappa shape index (κ3) is 6.22. The minimum atomic E-state index is -0.572. The van der Waals surface area contributed by atoms with Crippen LogP contribution in [0, 0.1) is 0 Å². The first-order valence-corrected chi connectivity index (χ1v) is 4.36. The van der Waals surface area contributed by atoms with Crippen molar-refractivity contribution in [3.63, 3.8) is 0 Å². The fourth-order valence-electron chi connectivity index (χ4n) is 0.584. The van der Waals surface area contributed by atoms with Gasteiger partial charge in [0.05, 0.1) is 11.7 Å². The zero-order valence-electron chi connectivity index (χ0n) is 7.91. The van der Waals surface area contributed by atoms with Crippen LogP contribution in [-0.2, 0) is 14.3 Å². The van der Waals surface area contributed by atoms with Crippen LogP contribution in [-0.4, -0.2) is 30.1 Å². The van der Waals surface area contributed by atoms with E-state index in [0.717, 1.165) is 0 Å². The van der Waals surface area contributed by atoms with E-state index < -0.39 is 5.97 Å². The molecule has 0 bridgehead atoms. The molecule has 0 atom stereocenters. The Balaban J connectivity index is 3.71. The Bertz CT molecular complexity index is 292. The Morgan fingerprint density at radius 2 is 2.21 bits per heavy atom. The second-order valence-electron chi connectivity index (χ2n) is 2.57. The predicted molar refractivity (Wildman–Crippen MR) is 55.3 cm³/mol. The van der Waals surface area contributed by atoms with Gasteiger partial charge in [-0.05, 0) is 24.7 Å². The molecule has 0 N–H and O–H groups in total. The molecule has 0 aliphatic rings. The monoisotopic (exact) mass is 213 g/mol. The molecule has 0 spiro atoms. The van der Waals surface area contributed by atoms with Crippen molar-refractivity contribution in [3.8, 4) is 0 Å². The highest BCUT2D eigenvalue weighted by Gasteiger charge is 2.10. The van der Waals surface area contributed by atoms with E-state index in [1.807, 2.05) is 0 Å². The first kappa shape index (κ1) is 12.7. The third-order valence-electron chi connectivity index (χ3n) is 1.31. The summed E-state index contributed by atoms with van der Waals surface area (Å²) in [5.41, 5.74) is 0.346.